The zero-order valence-corrected chi connectivity index (χ0v) is 12.0. The maximum atomic E-state index is 11.9. The molecule has 2 N–H and O–H groups in total. The fourth-order valence-electron chi connectivity index (χ4n) is 1.36. The summed E-state index contributed by atoms with van der Waals surface area (Å²) >= 11 is 3.21. The van der Waals surface area contributed by atoms with E-state index in [0.717, 1.165) is 4.47 Å². The van der Waals surface area contributed by atoms with E-state index in [1.54, 1.807) is 26.8 Å². The van der Waals surface area contributed by atoms with E-state index in [1.807, 2.05) is 0 Å². The van der Waals surface area contributed by atoms with Crippen LogP contribution in [-0.4, -0.2) is 28.0 Å². The van der Waals surface area contributed by atoms with Gasteiger partial charge < -0.3 is 10.4 Å². The SMILES string of the molecule is CC(C)(C)C(NC(=O)c1ccc(Br)cn1)C(=O)O. The molecule has 0 aromatic carbocycles. The highest BCUT2D eigenvalue weighted by Gasteiger charge is 2.32. The first-order valence-corrected chi connectivity index (χ1v) is 6.16. The van der Waals surface area contributed by atoms with Gasteiger partial charge in [-0.15, -0.1) is 0 Å². The number of carbonyl (C=O) groups excluding carboxylic acids is 1. The van der Waals surface area contributed by atoms with Crippen LogP contribution in [0.5, 0.6) is 0 Å². The lowest BCUT2D eigenvalue weighted by atomic mass is 9.86. The van der Waals surface area contributed by atoms with Crippen molar-refractivity contribution in [3.63, 3.8) is 0 Å². The summed E-state index contributed by atoms with van der Waals surface area (Å²) in [6.07, 6.45) is 1.49. The molecule has 1 amide bonds. The number of carboxylic acid groups (broad SMARTS) is 1. The van der Waals surface area contributed by atoms with E-state index in [0.29, 0.717) is 0 Å². The highest BCUT2D eigenvalue weighted by Crippen LogP contribution is 2.19. The van der Waals surface area contributed by atoms with Gasteiger partial charge in [-0.3, -0.25) is 4.79 Å². The maximum absolute atomic E-state index is 11.9. The Kier molecular flexibility index (Phi) is 4.45. The number of pyridine rings is 1. The molecule has 6 heteroatoms. The number of hydrogen-bond acceptors (Lipinski definition) is 3. The number of nitrogens with one attached hydrogen (secondary N) is 1. The Balaban J connectivity index is 2.86. The van der Waals surface area contributed by atoms with Crippen molar-refractivity contribution < 1.29 is 14.7 Å². The van der Waals surface area contributed by atoms with Crippen molar-refractivity contribution in [2.24, 2.45) is 5.41 Å². The Labute approximate surface area is 114 Å². The lowest BCUT2D eigenvalue weighted by Crippen LogP contribution is -2.49. The lowest BCUT2D eigenvalue weighted by Gasteiger charge is -2.27. The third-order valence-electron chi connectivity index (χ3n) is 2.35. The predicted octanol–water partition coefficient (Wildman–Crippen LogP) is 2.07. The molecule has 0 aliphatic rings. The molecule has 0 aliphatic heterocycles. The van der Waals surface area contributed by atoms with Crippen molar-refractivity contribution in [1.29, 1.82) is 0 Å². The first-order valence-electron chi connectivity index (χ1n) is 5.37. The van der Waals surface area contributed by atoms with Crippen LogP contribution in [0.4, 0.5) is 0 Å². The Hall–Kier alpha value is -1.43. The van der Waals surface area contributed by atoms with Crippen molar-refractivity contribution in [3.8, 4) is 0 Å². The molecular formula is C12H15BrN2O3. The number of nitrogens with zero attached hydrogens (tertiary/aromatic N) is 1. The van der Waals surface area contributed by atoms with E-state index >= 15 is 0 Å². The average Bonchev–Trinajstić information content (AvgIpc) is 2.24. The number of amides is 1. The fourth-order valence-corrected chi connectivity index (χ4v) is 1.60. The number of halogens is 1. The van der Waals surface area contributed by atoms with Crippen LogP contribution in [0, 0.1) is 5.41 Å². The minimum Gasteiger partial charge on any atom is -0.480 e. The molecule has 0 saturated carbocycles. The zero-order valence-electron chi connectivity index (χ0n) is 10.4. The largest absolute Gasteiger partial charge is 0.480 e. The molecule has 0 saturated heterocycles. The average molecular weight is 315 g/mol. The molecule has 1 atom stereocenters. The van der Waals surface area contributed by atoms with Gasteiger partial charge in [-0.2, -0.15) is 0 Å². The van der Waals surface area contributed by atoms with Crippen molar-refractivity contribution in [2.45, 2.75) is 26.8 Å². The van der Waals surface area contributed by atoms with Gasteiger partial charge >= 0.3 is 5.97 Å². The second-order valence-corrected chi connectivity index (χ2v) is 5.89. The van der Waals surface area contributed by atoms with Gasteiger partial charge in [-0.05, 0) is 33.5 Å². The van der Waals surface area contributed by atoms with Gasteiger partial charge in [0.25, 0.3) is 5.91 Å². The zero-order chi connectivity index (χ0) is 13.9. The van der Waals surface area contributed by atoms with Crippen LogP contribution in [0.1, 0.15) is 31.3 Å². The Morgan fingerprint density at radius 3 is 2.39 bits per heavy atom. The first-order chi connectivity index (χ1) is 8.21. The number of aromatic nitrogens is 1. The topological polar surface area (TPSA) is 79.3 Å². The molecule has 0 fully saturated rings. The van der Waals surface area contributed by atoms with Crippen LogP contribution >= 0.6 is 15.9 Å². The molecule has 0 radical (unpaired) electrons. The molecular weight excluding hydrogens is 300 g/mol. The van der Waals surface area contributed by atoms with Crippen LogP contribution in [0.2, 0.25) is 0 Å². The van der Waals surface area contributed by atoms with Gasteiger partial charge in [0.2, 0.25) is 0 Å². The van der Waals surface area contributed by atoms with Gasteiger partial charge in [0.15, 0.2) is 0 Å². The Morgan fingerprint density at radius 1 is 1.39 bits per heavy atom. The summed E-state index contributed by atoms with van der Waals surface area (Å²) in [6.45, 7) is 5.25. The summed E-state index contributed by atoms with van der Waals surface area (Å²) in [5.74, 6) is -1.56. The van der Waals surface area contributed by atoms with E-state index in [9.17, 15) is 9.59 Å². The molecule has 1 unspecified atom stereocenters. The van der Waals surface area contributed by atoms with Crippen LogP contribution in [0.25, 0.3) is 0 Å². The lowest BCUT2D eigenvalue weighted by molar-refractivity contribution is -0.142. The second-order valence-electron chi connectivity index (χ2n) is 4.97. The Bertz CT molecular complexity index is 451. The number of hydrogen-bond donors (Lipinski definition) is 2. The summed E-state index contributed by atoms with van der Waals surface area (Å²) < 4.78 is 0.754. The number of aliphatic carboxylic acids is 1. The number of rotatable bonds is 3. The fraction of sp³-hybridized carbons (Fsp3) is 0.417. The maximum Gasteiger partial charge on any atom is 0.326 e. The summed E-state index contributed by atoms with van der Waals surface area (Å²) in [5.41, 5.74) is -0.384. The van der Waals surface area contributed by atoms with Crippen molar-refractivity contribution in [1.82, 2.24) is 10.3 Å². The second kappa shape index (κ2) is 5.48. The van der Waals surface area contributed by atoms with Gasteiger partial charge in [-0.25, -0.2) is 9.78 Å². The first kappa shape index (κ1) is 14.6. The molecule has 1 rings (SSSR count). The number of carboxylic acids is 1. The molecule has 0 aliphatic carbocycles. The van der Waals surface area contributed by atoms with Gasteiger partial charge in [0.05, 0.1) is 0 Å². The van der Waals surface area contributed by atoms with Crippen molar-refractivity contribution >= 4 is 27.8 Å². The van der Waals surface area contributed by atoms with Crippen LogP contribution in [0.15, 0.2) is 22.8 Å². The normalized spacial score (nSPS) is 12.9. The summed E-state index contributed by atoms with van der Waals surface area (Å²) in [4.78, 5) is 26.9. The van der Waals surface area contributed by atoms with E-state index in [4.69, 9.17) is 5.11 Å². The molecule has 1 aromatic rings. The monoisotopic (exact) mass is 314 g/mol. The summed E-state index contributed by atoms with van der Waals surface area (Å²) in [6, 6.07) is 2.24. The highest BCUT2D eigenvalue weighted by atomic mass is 79.9. The smallest absolute Gasteiger partial charge is 0.326 e. The predicted molar refractivity (Wildman–Crippen MR) is 70.3 cm³/mol. The Morgan fingerprint density at radius 2 is 2.00 bits per heavy atom. The molecule has 5 nitrogen and oxygen atoms in total. The van der Waals surface area contributed by atoms with Gasteiger partial charge in [0, 0.05) is 10.7 Å². The molecule has 18 heavy (non-hydrogen) atoms. The molecule has 0 bridgehead atoms. The van der Waals surface area contributed by atoms with E-state index in [2.05, 4.69) is 26.2 Å². The van der Waals surface area contributed by atoms with Gasteiger partial charge in [-0.1, -0.05) is 20.8 Å². The third kappa shape index (κ3) is 3.80. The highest BCUT2D eigenvalue weighted by molar-refractivity contribution is 9.10. The molecule has 1 aromatic heterocycles. The van der Waals surface area contributed by atoms with E-state index < -0.39 is 23.3 Å². The minimum atomic E-state index is -1.06. The summed E-state index contributed by atoms with van der Waals surface area (Å²) in [7, 11) is 0. The van der Waals surface area contributed by atoms with Crippen LogP contribution in [0.3, 0.4) is 0 Å². The molecule has 98 valence electrons. The standard InChI is InChI=1S/C12H15BrN2O3/c1-12(2,3)9(11(17)18)15-10(16)8-5-4-7(13)6-14-8/h4-6,9H,1-3H3,(H,15,16)(H,17,18). The third-order valence-corrected chi connectivity index (χ3v) is 2.82. The minimum absolute atomic E-state index is 0.189. The molecule has 0 spiro atoms. The van der Waals surface area contributed by atoms with Crippen molar-refractivity contribution in [2.75, 3.05) is 0 Å². The van der Waals surface area contributed by atoms with E-state index in [1.165, 1.54) is 12.3 Å². The summed E-state index contributed by atoms with van der Waals surface area (Å²) in [5, 5.41) is 11.6. The van der Waals surface area contributed by atoms with Crippen LogP contribution in [-0.2, 0) is 4.79 Å². The van der Waals surface area contributed by atoms with Gasteiger partial charge in [0.1, 0.15) is 11.7 Å². The quantitative estimate of drug-likeness (QED) is 0.895. The number of carbonyl (C=O) groups is 2. The van der Waals surface area contributed by atoms with Crippen molar-refractivity contribution in [3.05, 3.63) is 28.5 Å². The molecule has 1 heterocycles. The van der Waals surface area contributed by atoms with Crippen LogP contribution < -0.4 is 5.32 Å². The van der Waals surface area contributed by atoms with E-state index in [-0.39, 0.29) is 5.69 Å².